The molecule has 2 atom stereocenters. The summed E-state index contributed by atoms with van der Waals surface area (Å²) in [5.41, 5.74) is 1.21. The van der Waals surface area contributed by atoms with Crippen molar-refractivity contribution in [2.45, 2.75) is 12.1 Å². The summed E-state index contributed by atoms with van der Waals surface area (Å²) in [6, 6.07) is 8.79. The average molecular weight is 261 g/mol. The zero-order valence-electron chi connectivity index (χ0n) is 11.1. The van der Waals surface area contributed by atoms with E-state index < -0.39 is 0 Å². The molecule has 0 radical (unpaired) electrons. The Kier molecular flexibility index (Phi) is 3.40. The molecule has 2 fully saturated rings. The molecule has 2 heterocycles. The molecule has 0 aromatic heterocycles. The summed E-state index contributed by atoms with van der Waals surface area (Å²) in [4.78, 5) is 13.7. The average Bonchev–Trinajstić information content (AvgIpc) is 2.46. The Labute approximate surface area is 112 Å². The third kappa shape index (κ3) is 2.57. The maximum absolute atomic E-state index is 11.5. The van der Waals surface area contributed by atoms with Crippen LogP contribution in [0.4, 0.5) is 0 Å². The fraction of sp³-hybridized carbons (Fsp3) is 0.500. The van der Waals surface area contributed by atoms with Crippen LogP contribution in [0.5, 0.6) is 5.75 Å². The van der Waals surface area contributed by atoms with Crippen molar-refractivity contribution in [3.05, 3.63) is 29.8 Å². The van der Waals surface area contributed by atoms with Crippen molar-refractivity contribution < 1.29 is 9.53 Å². The number of methoxy groups -OCH3 is 1. The van der Waals surface area contributed by atoms with Gasteiger partial charge in [-0.2, -0.15) is 0 Å². The zero-order valence-corrected chi connectivity index (χ0v) is 11.1. The highest BCUT2D eigenvalue weighted by atomic mass is 16.5. The summed E-state index contributed by atoms with van der Waals surface area (Å²) in [5.74, 6) is 1.00. The Hall–Kier alpha value is -1.59. The first-order valence-electron chi connectivity index (χ1n) is 6.64. The molecule has 5 nitrogen and oxygen atoms in total. The van der Waals surface area contributed by atoms with Crippen molar-refractivity contribution in [2.75, 3.05) is 33.3 Å². The van der Waals surface area contributed by atoms with Gasteiger partial charge in [-0.25, -0.2) is 0 Å². The maximum Gasteiger partial charge on any atom is 0.234 e. The van der Waals surface area contributed by atoms with E-state index >= 15 is 0 Å². The Morgan fingerprint density at radius 2 is 2.26 bits per heavy atom. The van der Waals surface area contributed by atoms with Crippen LogP contribution in [0.2, 0.25) is 0 Å². The van der Waals surface area contributed by atoms with Crippen molar-refractivity contribution in [1.29, 1.82) is 0 Å². The summed E-state index contributed by atoms with van der Waals surface area (Å²) < 4.78 is 5.26. The fourth-order valence-electron chi connectivity index (χ4n) is 2.80. The minimum atomic E-state index is 0.127. The Balaban J connectivity index is 1.74. The second-order valence-corrected chi connectivity index (χ2v) is 5.12. The molecule has 1 aromatic rings. The molecule has 102 valence electrons. The van der Waals surface area contributed by atoms with Crippen molar-refractivity contribution in [3.8, 4) is 5.75 Å². The molecule has 2 aliphatic heterocycles. The van der Waals surface area contributed by atoms with E-state index in [1.165, 1.54) is 5.56 Å². The second kappa shape index (κ2) is 5.19. The molecule has 1 amide bonds. The molecule has 0 saturated carbocycles. The molecule has 3 rings (SSSR count). The largest absolute Gasteiger partial charge is 0.497 e. The quantitative estimate of drug-likeness (QED) is 0.795. The van der Waals surface area contributed by atoms with Gasteiger partial charge in [-0.05, 0) is 17.7 Å². The van der Waals surface area contributed by atoms with E-state index in [9.17, 15) is 4.79 Å². The van der Waals surface area contributed by atoms with Crippen molar-refractivity contribution in [3.63, 3.8) is 0 Å². The third-order valence-corrected chi connectivity index (χ3v) is 3.91. The van der Waals surface area contributed by atoms with Crippen LogP contribution < -0.4 is 15.4 Å². The molecule has 1 aromatic carbocycles. The molecular formula is C14H19N3O2. The molecule has 0 spiro atoms. The van der Waals surface area contributed by atoms with Gasteiger partial charge in [0.1, 0.15) is 5.75 Å². The van der Waals surface area contributed by atoms with Gasteiger partial charge in [-0.3, -0.25) is 9.69 Å². The van der Waals surface area contributed by atoms with Gasteiger partial charge in [0.15, 0.2) is 0 Å². The van der Waals surface area contributed by atoms with Gasteiger partial charge < -0.3 is 15.4 Å². The number of hydrogen-bond acceptors (Lipinski definition) is 4. The lowest BCUT2D eigenvalue weighted by atomic mass is 10.0. The molecule has 2 saturated heterocycles. The number of carbonyl (C=O) groups excluding carboxylic acids is 1. The molecule has 2 aliphatic rings. The van der Waals surface area contributed by atoms with E-state index in [1.807, 2.05) is 12.1 Å². The fourth-order valence-corrected chi connectivity index (χ4v) is 2.80. The standard InChI is InChI=1S/C14H19N3O2/c1-19-12-4-2-3-10(5-12)13-8-17-9-14(18)16-7-11(17)6-15-13/h2-5,11,13,15H,6-9H2,1H3,(H,16,18). The SMILES string of the molecule is COc1cccc(C2CN3CC(=O)NCC3CN2)c1. The topological polar surface area (TPSA) is 53.6 Å². The maximum atomic E-state index is 11.5. The van der Waals surface area contributed by atoms with Crippen LogP contribution in [-0.2, 0) is 4.79 Å². The van der Waals surface area contributed by atoms with Crippen LogP contribution in [-0.4, -0.2) is 50.1 Å². The number of carbonyl (C=O) groups is 1. The minimum Gasteiger partial charge on any atom is -0.497 e. The third-order valence-electron chi connectivity index (χ3n) is 3.91. The van der Waals surface area contributed by atoms with Gasteiger partial charge in [0.05, 0.1) is 13.7 Å². The van der Waals surface area contributed by atoms with Crippen LogP contribution in [0.15, 0.2) is 24.3 Å². The van der Waals surface area contributed by atoms with Gasteiger partial charge in [-0.15, -0.1) is 0 Å². The molecule has 0 aliphatic carbocycles. The normalized spacial score (nSPS) is 27.5. The minimum absolute atomic E-state index is 0.127. The highest BCUT2D eigenvalue weighted by molar-refractivity contribution is 5.78. The summed E-state index contributed by atoms with van der Waals surface area (Å²) >= 11 is 0. The van der Waals surface area contributed by atoms with Crippen molar-refractivity contribution in [2.24, 2.45) is 0 Å². The van der Waals surface area contributed by atoms with Gasteiger partial charge >= 0.3 is 0 Å². The Morgan fingerprint density at radius 3 is 3.11 bits per heavy atom. The number of hydrogen-bond donors (Lipinski definition) is 2. The van der Waals surface area contributed by atoms with E-state index in [0.717, 1.165) is 25.4 Å². The molecule has 2 unspecified atom stereocenters. The highest BCUT2D eigenvalue weighted by Crippen LogP contribution is 2.23. The van der Waals surface area contributed by atoms with Crippen LogP contribution in [0.1, 0.15) is 11.6 Å². The first-order valence-corrected chi connectivity index (χ1v) is 6.64. The first kappa shape index (κ1) is 12.4. The summed E-state index contributed by atoms with van der Waals surface area (Å²) in [5, 5.41) is 6.47. The summed E-state index contributed by atoms with van der Waals surface area (Å²) in [7, 11) is 1.68. The number of rotatable bonds is 2. The van der Waals surface area contributed by atoms with E-state index in [2.05, 4.69) is 27.7 Å². The number of fused-ring (bicyclic) bond motifs is 1. The number of ether oxygens (including phenoxy) is 1. The van der Waals surface area contributed by atoms with Crippen molar-refractivity contribution in [1.82, 2.24) is 15.5 Å². The summed E-state index contributed by atoms with van der Waals surface area (Å²) in [6.07, 6.45) is 0. The van der Waals surface area contributed by atoms with E-state index in [1.54, 1.807) is 7.11 Å². The highest BCUT2D eigenvalue weighted by Gasteiger charge is 2.32. The van der Waals surface area contributed by atoms with Gasteiger partial charge in [0.2, 0.25) is 5.91 Å². The zero-order chi connectivity index (χ0) is 13.2. The monoisotopic (exact) mass is 261 g/mol. The number of amides is 1. The van der Waals surface area contributed by atoms with Crippen LogP contribution >= 0.6 is 0 Å². The van der Waals surface area contributed by atoms with Crippen LogP contribution in [0.25, 0.3) is 0 Å². The number of nitrogens with zero attached hydrogens (tertiary/aromatic N) is 1. The lowest BCUT2D eigenvalue weighted by Gasteiger charge is -2.42. The number of piperazine rings is 2. The molecule has 0 bridgehead atoms. The first-order chi connectivity index (χ1) is 9.26. The Bertz CT molecular complexity index is 478. The van der Waals surface area contributed by atoms with Gasteiger partial charge in [0.25, 0.3) is 0 Å². The predicted molar refractivity (Wildman–Crippen MR) is 72.1 cm³/mol. The lowest BCUT2D eigenvalue weighted by molar-refractivity contribution is -0.126. The molecule has 5 heteroatoms. The molecule has 2 N–H and O–H groups in total. The van der Waals surface area contributed by atoms with Crippen LogP contribution in [0, 0.1) is 0 Å². The summed E-state index contributed by atoms with van der Waals surface area (Å²) in [6.45, 7) is 3.02. The van der Waals surface area contributed by atoms with E-state index in [-0.39, 0.29) is 11.9 Å². The van der Waals surface area contributed by atoms with Crippen molar-refractivity contribution >= 4 is 5.91 Å². The number of nitrogens with one attached hydrogen (secondary N) is 2. The second-order valence-electron chi connectivity index (χ2n) is 5.12. The van der Waals surface area contributed by atoms with Crippen LogP contribution in [0.3, 0.4) is 0 Å². The lowest BCUT2D eigenvalue weighted by Crippen LogP contribution is -2.62. The van der Waals surface area contributed by atoms with E-state index in [0.29, 0.717) is 12.6 Å². The predicted octanol–water partition coefficient (Wildman–Crippen LogP) is 0.140. The van der Waals surface area contributed by atoms with E-state index in [4.69, 9.17) is 4.74 Å². The Morgan fingerprint density at radius 1 is 1.37 bits per heavy atom. The number of benzene rings is 1. The van der Waals surface area contributed by atoms with Gasteiger partial charge in [-0.1, -0.05) is 12.1 Å². The van der Waals surface area contributed by atoms with Gasteiger partial charge in [0, 0.05) is 31.7 Å². The molecular weight excluding hydrogens is 242 g/mol. The molecule has 19 heavy (non-hydrogen) atoms. The smallest absolute Gasteiger partial charge is 0.234 e.